The lowest BCUT2D eigenvalue weighted by molar-refractivity contribution is 0.230. The van der Waals surface area contributed by atoms with Gasteiger partial charge in [0.15, 0.2) is 0 Å². The minimum Gasteiger partial charge on any atom is -0.489 e. The van der Waals surface area contributed by atoms with Crippen molar-refractivity contribution in [2.45, 2.75) is 13.0 Å². The highest BCUT2D eigenvalue weighted by Gasteiger charge is 1.99. The van der Waals surface area contributed by atoms with Gasteiger partial charge in [0.2, 0.25) is 0 Å². The summed E-state index contributed by atoms with van der Waals surface area (Å²) in [5.41, 5.74) is 5.40. The Kier molecular flexibility index (Phi) is 3.38. The molecular weight excluding hydrogens is 174 g/mol. The van der Waals surface area contributed by atoms with Gasteiger partial charge in [-0.15, -0.1) is 0 Å². The number of benzene rings is 1. The lowest BCUT2D eigenvalue weighted by Crippen LogP contribution is -2.22. The fourth-order valence-corrected chi connectivity index (χ4v) is 0.920. The van der Waals surface area contributed by atoms with Crippen molar-refractivity contribution in [1.82, 2.24) is 0 Å². The zero-order valence-corrected chi connectivity index (χ0v) is 7.71. The first-order valence-corrected chi connectivity index (χ1v) is 4.22. The average molecular weight is 186 g/mol. The summed E-state index contributed by atoms with van der Waals surface area (Å²) in [5, 5.41) is 0.711. The second kappa shape index (κ2) is 4.33. The molecule has 0 unspecified atom stereocenters. The molecule has 0 aliphatic carbocycles. The van der Waals surface area contributed by atoms with Gasteiger partial charge >= 0.3 is 0 Å². The van der Waals surface area contributed by atoms with Crippen molar-refractivity contribution in [3.63, 3.8) is 0 Å². The molecule has 0 amide bonds. The van der Waals surface area contributed by atoms with Gasteiger partial charge in [0.1, 0.15) is 11.9 Å². The third kappa shape index (κ3) is 2.72. The number of ether oxygens (including phenoxy) is 1. The molecule has 66 valence electrons. The Labute approximate surface area is 77.3 Å². The van der Waals surface area contributed by atoms with E-state index in [2.05, 4.69) is 0 Å². The van der Waals surface area contributed by atoms with Crippen LogP contribution in [0.25, 0.3) is 0 Å². The molecule has 1 atom stereocenters. The molecule has 0 aromatic heterocycles. The van der Waals surface area contributed by atoms with Crippen molar-refractivity contribution in [3.8, 4) is 5.75 Å². The molecule has 2 nitrogen and oxygen atoms in total. The molecule has 1 aromatic rings. The van der Waals surface area contributed by atoms with Crippen LogP contribution in [-0.2, 0) is 0 Å². The highest BCUT2D eigenvalue weighted by atomic mass is 35.5. The van der Waals surface area contributed by atoms with E-state index < -0.39 is 0 Å². The summed E-state index contributed by atoms with van der Waals surface area (Å²) in [4.78, 5) is 0. The number of hydrogen-bond donors (Lipinski definition) is 1. The molecule has 0 aliphatic heterocycles. The van der Waals surface area contributed by atoms with Gasteiger partial charge in [-0.2, -0.15) is 0 Å². The Morgan fingerprint density at radius 3 is 2.50 bits per heavy atom. The molecule has 0 bridgehead atoms. The van der Waals surface area contributed by atoms with Gasteiger partial charge in [0, 0.05) is 11.6 Å². The van der Waals surface area contributed by atoms with Crippen LogP contribution >= 0.6 is 11.6 Å². The van der Waals surface area contributed by atoms with E-state index in [1.165, 1.54) is 0 Å². The maximum Gasteiger partial charge on any atom is 0.119 e. The van der Waals surface area contributed by atoms with Crippen LogP contribution < -0.4 is 10.5 Å². The number of halogens is 1. The van der Waals surface area contributed by atoms with Crippen molar-refractivity contribution in [2.75, 3.05) is 6.54 Å². The minimum atomic E-state index is 0.0474. The maximum atomic E-state index is 5.70. The Morgan fingerprint density at radius 1 is 1.42 bits per heavy atom. The molecule has 12 heavy (non-hydrogen) atoms. The van der Waals surface area contributed by atoms with Gasteiger partial charge in [-0.1, -0.05) is 11.6 Å². The summed E-state index contributed by atoms with van der Waals surface area (Å²) in [5.74, 6) is 0.803. The van der Waals surface area contributed by atoms with Crippen LogP contribution in [0.5, 0.6) is 5.75 Å². The van der Waals surface area contributed by atoms with E-state index >= 15 is 0 Å². The van der Waals surface area contributed by atoms with Gasteiger partial charge in [0.05, 0.1) is 0 Å². The lowest BCUT2D eigenvalue weighted by Gasteiger charge is -2.11. The third-order valence-electron chi connectivity index (χ3n) is 1.48. The van der Waals surface area contributed by atoms with E-state index in [1.807, 2.05) is 19.1 Å². The molecule has 1 rings (SSSR count). The summed E-state index contributed by atoms with van der Waals surface area (Å²) in [6.45, 7) is 2.44. The molecule has 0 saturated carbocycles. The van der Waals surface area contributed by atoms with Crippen molar-refractivity contribution in [3.05, 3.63) is 29.3 Å². The standard InChI is InChI=1S/C9H12ClNO/c1-7(6-11)12-9-4-2-8(10)3-5-9/h2-5,7H,6,11H2,1H3/t7-/m1/s1. The first kappa shape index (κ1) is 9.36. The van der Waals surface area contributed by atoms with Crippen LogP contribution in [0.3, 0.4) is 0 Å². The average Bonchev–Trinajstić information content (AvgIpc) is 2.09. The summed E-state index contributed by atoms with van der Waals surface area (Å²) in [7, 11) is 0. The molecular formula is C9H12ClNO. The van der Waals surface area contributed by atoms with Crippen LogP contribution in [0.4, 0.5) is 0 Å². The summed E-state index contributed by atoms with van der Waals surface area (Å²) < 4.78 is 5.43. The monoisotopic (exact) mass is 185 g/mol. The second-order valence-electron chi connectivity index (χ2n) is 2.62. The quantitative estimate of drug-likeness (QED) is 0.783. The van der Waals surface area contributed by atoms with E-state index in [4.69, 9.17) is 22.1 Å². The van der Waals surface area contributed by atoms with E-state index in [1.54, 1.807) is 12.1 Å². The third-order valence-corrected chi connectivity index (χ3v) is 1.73. The fourth-order valence-electron chi connectivity index (χ4n) is 0.794. The van der Waals surface area contributed by atoms with Crippen LogP contribution in [0.15, 0.2) is 24.3 Å². The number of nitrogens with two attached hydrogens (primary N) is 1. The Balaban J connectivity index is 2.58. The van der Waals surface area contributed by atoms with Gasteiger partial charge in [-0.25, -0.2) is 0 Å². The number of rotatable bonds is 3. The van der Waals surface area contributed by atoms with Crippen molar-refractivity contribution in [2.24, 2.45) is 5.73 Å². The lowest BCUT2D eigenvalue weighted by atomic mass is 10.3. The Bertz CT molecular complexity index is 235. The van der Waals surface area contributed by atoms with Crippen LogP contribution in [0.2, 0.25) is 5.02 Å². The first-order chi connectivity index (χ1) is 5.72. The predicted molar refractivity (Wildman–Crippen MR) is 50.6 cm³/mol. The zero-order chi connectivity index (χ0) is 8.97. The van der Waals surface area contributed by atoms with Crippen LogP contribution in [0.1, 0.15) is 6.92 Å². The highest BCUT2D eigenvalue weighted by Crippen LogP contribution is 2.16. The summed E-state index contributed by atoms with van der Waals surface area (Å²) in [6.07, 6.45) is 0.0474. The smallest absolute Gasteiger partial charge is 0.119 e. The molecule has 1 aromatic carbocycles. The van der Waals surface area contributed by atoms with E-state index in [-0.39, 0.29) is 6.10 Å². The normalized spacial score (nSPS) is 12.6. The van der Waals surface area contributed by atoms with Gasteiger partial charge in [-0.3, -0.25) is 0 Å². The van der Waals surface area contributed by atoms with Crippen molar-refractivity contribution in [1.29, 1.82) is 0 Å². The van der Waals surface area contributed by atoms with Gasteiger partial charge in [-0.05, 0) is 31.2 Å². The summed E-state index contributed by atoms with van der Waals surface area (Å²) >= 11 is 5.70. The predicted octanol–water partition coefficient (Wildman–Crippen LogP) is 2.07. The molecule has 0 spiro atoms. The van der Waals surface area contributed by atoms with Crippen molar-refractivity contribution < 1.29 is 4.74 Å². The number of hydrogen-bond acceptors (Lipinski definition) is 2. The van der Waals surface area contributed by atoms with Crippen LogP contribution in [0, 0.1) is 0 Å². The van der Waals surface area contributed by atoms with E-state index in [0.29, 0.717) is 11.6 Å². The zero-order valence-electron chi connectivity index (χ0n) is 6.96. The topological polar surface area (TPSA) is 35.2 Å². The van der Waals surface area contributed by atoms with Crippen molar-refractivity contribution >= 4 is 11.6 Å². The molecule has 0 heterocycles. The maximum absolute atomic E-state index is 5.70. The van der Waals surface area contributed by atoms with E-state index in [9.17, 15) is 0 Å². The van der Waals surface area contributed by atoms with Crippen LogP contribution in [-0.4, -0.2) is 12.6 Å². The van der Waals surface area contributed by atoms with E-state index in [0.717, 1.165) is 5.75 Å². The SMILES string of the molecule is C[C@H](CN)Oc1ccc(Cl)cc1. The fraction of sp³-hybridized carbons (Fsp3) is 0.333. The molecule has 3 heteroatoms. The summed E-state index contributed by atoms with van der Waals surface area (Å²) in [6, 6.07) is 7.24. The second-order valence-corrected chi connectivity index (χ2v) is 3.05. The molecule has 2 N–H and O–H groups in total. The minimum absolute atomic E-state index is 0.0474. The molecule has 0 saturated heterocycles. The highest BCUT2D eigenvalue weighted by molar-refractivity contribution is 6.30. The first-order valence-electron chi connectivity index (χ1n) is 3.84. The molecule has 0 radical (unpaired) electrons. The van der Waals surface area contributed by atoms with Gasteiger partial charge < -0.3 is 10.5 Å². The molecule has 0 aliphatic rings. The largest absolute Gasteiger partial charge is 0.489 e. The Hall–Kier alpha value is -0.730. The molecule has 0 fully saturated rings. The Morgan fingerprint density at radius 2 is 2.00 bits per heavy atom. The van der Waals surface area contributed by atoms with Gasteiger partial charge in [0.25, 0.3) is 0 Å².